The third-order valence-electron chi connectivity index (χ3n) is 2.97. The van der Waals surface area contributed by atoms with Gasteiger partial charge in [0, 0.05) is 26.6 Å². The molecule has 0 aromatic carbocycles. The lowest BCUT2D eigenvalue weighted by atomic mass is 9.98. The van der Waals surface area contributed by atoms with Gasteiger partial charge >= 0.3 is 5.97 Å². The van der Waals surface area contributed by atoms with Crippen LogP contribution in [-0.2, 0) is 14.3 Å². The van der Waals surface area contributed by atoms with E-state index in [1.165, 1.54) is 7.11 Å². The molecule has 1 rings (SSSR count). The van der Waals surface area contributed by atoms with Crippen LogP contribution in [0.15, 0.2) is 0 Å². The number of carbonyl (C=O) groups is 2. The predicted octanol–water partition coefficient (Wildman–Crippen LogP) is 0.00750. The van der Waals surface area contributed by atoms with E-state index >= 15 is 0 Å². The predicted molar refractivity (Wildman–Crippen MR) is 59.9 cm³/mol. The largest absolute Gasteiger partial charge is 0.469 e. The molecule has 0 aromatic heterocycles. The van der Waals surface area contributed by atoms with Gasteiger partial charge in [0.15, 0.2) is 0 Å². The number of amides is 1. The molecule has 0 aromatic rings. The molecule has 16 heavy (non-hydrogen) atoms. The maximum Gasteiger partial charge on any atom is 0.309 e. The van der Waals surface area contributed by atoms with E-state index in [1.807, 2.05) is 0 Å². The lowest BCUT2D eigenvalue weighted by molar-refractivity contribution is -0.147. The van der Waals surface area contributed by atoms with E-state index in [9.17, 15) is 9.59 Å². The molecule has 5 nitrogen and oxygen atoms in total. The summed E-state index contributed by atoms with van der Waals surface area (Å²) in [6, 6.07) is 0. The molecule has 92 valence electrons. The average molecular weight is 228 g/mol. The van der Waals surface area contributed by atoms with Gasteiger partial charge in [0.05, 0.1) is 13.0 Å². The van der Waals surface area contributed by atoms with E-state index in [1.54, 1.807) is 7.05 Å². The molecule has 1 heterocycles. The Balaban J connectivity index is 2.33. The summed E-state index contributed by atoms with van der Waals surface area (Å²) >= 11 is 0. The molecule has 1 unspecified atom stereocenters. The molecule has 0 radical (unpaired) electrons. The number of methoxy groups -OCH3 is 1. The number of piperidine rings is 1. The Labute approximate surface area is 96.1 Å². The van der Waals surface area contributed by atoms with Crippen LogP contribution in [0.25, 0.3) is 0 Å². The summed E-state index contributed by atoms with van der Waals surface area (Å²) in [5.41, 5.74) is 0. The Morgan fingerprint density at radius 3 is 2.88 bits per heavy atom. The fraction of sp³-hybridized carbons (Fsp3) is 0.818. The maximum atomic E-state index is 11.4. The van der Waals surface area contributed by atoms with Crippen LogP contribution in [0.4, 0.5) is 0 Å². The lowest BCUT2D eigenvalue weighted by Gasteiger charge is -2.30. The van der Waals surface area contributed by atoms with Crippen molar-refractivity contribution in [3.05, 3.63) is 0 Å². The highest BCUT2D eigenvalue weighted by Gasteiger charge is 2.26. The normalized spacial score (nSPS) is 21.5. The first kappa shape index (κ1) is 13.0. The molecule has 1 N–H and O–H groups in total. The highest BCUT2D eigenvalue weighted by molar-refractivity contribution is 5.75. The minimum Gasteiger partial charge on any atom is -0.469 e. The molecule has 0 saturated carbocycles. The van der Waals surface area contributed by atoms with Crippen LogP contribution in [0.2, 0.25) is 0 Å². The van der Waals surface area contributed by atoms with Crippen LogP contribution in [-0.4, -0.2) is 50.6 Å². The summed E-state index contributed by atoms with van der Waals surface area (Å²) in [6.07, 6.45) is 2.38. The van der Waals surface area contributed by atoms with Crippen molar-refractivity contribution in [1.82, 2.24) is 10.2 Å². The number of nitrogens with one attached hydrogen (secondary N) is 1. The number of nitrogens with zero attached hydrogens (tertiary/aromatic N) is 1. The zero-order chi connectivity index (χ0) is 12.0. The van der Waals surface area contributed by atoms with Gasteiger partial charge < -0.3 is 15.0 Å². The summed E-state index contributed by atoms with van der Waals surface area (Å²) in [4.78, 5) is 24.6. The van der Waals surface area contributed by atoms with Crippen molar-refractivity contribution in [2.45, 2.75) is 19.3 Å². The number of hydrogen-bond acceptors (Lipinski definition) is 4. The quantitative estimate of drug-likeness (QED) is 0.688. The summed E-state index contributed by atoms with van der Waals surface area (Å²) in [5, 5.41) is 2.59. The fourth-order valence-corrected chi connectivity index (χ4v) is 2.00. The highest BCUT2D eigenvalue weighted by Crippen LogP contribution is 2.17. The smallest absolute Gasteiger partial charge is 0.309 e. The van der Waals surface area contributed by atoms with E-state index in [2.05, 4.69) is 10.2 Å². The van der Waals surface area contributed by atoms with E-state index in [-0.39, 0.29) is 17.8 Å². The first-order valence-corrected chi connectivity index (χ1v) is 5.68. The second kappa shape index (κ2) is 6.48. The van der Waals surface area contributed by atoms with Gasteiger partial charge in [-0.1, -0.05) is 0 Å². The van der Waals surface area contributed by atoms with Gasteiger partial charge in [-0.25, -0.2) is 0 Å². The van der Waals surface area contributed by atoms with Gasteiger partial charge in [0.2, 0.25) is 5.91 Å². The van der Waals surface area contributed by atoms with E-state index in [4.69, 9.17) is 4.74 Å². The van der Waals surface area contributed by atoms with Gasteiger partial charge in [-0.05, 0) is 19.4 Å². The van der Waals surface area contributed by atoms with Crippen molar-refractivity contribution in [2.24, 2.45) is 5.92 Å². The summed E-state index contributed by atoms with van der Waals surface area (Å²) < 4.78 is 4.74. The topological polar surface area (TPSA) is 58.6 Å². The Morgan fingerprint density at radius 2 is 2.25 bits per heavy atom. The first-order chi connectivity index (χ1) is 7.67. The molecule has 1 atom stereocenters. The molecule has 1 amide bonds. The second-order valence-electron chi connectivity index (χ2n) is 4.09. The number of ether oxygens (including phenoxy) is 1. The molecular weight excluding hydrogens is 208 g/mol. The van der Waals surface area contributed by atoms with E-state index in [0.29, 0.717) is 19.5 Å². The Bertz CT molecular complexity index is 256. The molecule has 1 aliphatic heterocycles. The molecule has 1 saturated heterocycles. The summed E-state index contributed by atoms with van der Waals surface area (Å²) in [7, 11) is 3.06. The molecule has 5 heteroatoms. The zero-order valence-corrected chi connectivity index (χ0v) is 9.99. The molecule has 1 aliphatic rings. The average Bonchev–Trinajstić information content (AvgIpc) is 2.35. The van der Waals surface area contributed by atoms with Crippen LogP contribution in [0, 0.1) is 5.92 Å². The fourth-order valence-electron chi connectivity index (χ4n) is 2.00. The molecular formula is C11H20N2O3. The Morgan fingerprint density at radius 1 is 1.50 bits per heavy atom. The molecule has 0 aliphatic carbocycles. The minimum atomic E-state index is -0.135. The maximum absolute atomic E-state index is 11.4. The molecule has 0 spiro atoms. The number of esters is 1. The van der Waals surface area contributed by atoms with Crippen LogP contribution in [0.3, 0.4) is 0 Å². The van der Waals surface area contributed by atoms with Crippen LogP contribution >= 0.6 is 0 Å². The van der Waals surface area contributed by atoms with Gasteiger partial charge in [-0.3, -0.25) is 9.59 Å². The van der Waals surface area contributed by atoms with Gasteiger partial charge in [0.1, 0.15) is 0 Å². The van der Waals surface area contributed by atoms with Crippen LogP contribution < -0.4 is 5.32 Å². The van der Waals surface area contributed by atoms with Crippen molar-refractivity contribution in [2.75, 3.05) is 33.8 Å². The minimum absolute atomic E-state index is 0.0246. The highest BCUT2D eigenvalue weighted by atomic mass is 16.5. The molecule has 0 bridgehead atoms. The zero-order valence-electron chi connectivity index (χ0n) is 9.99. The number of likely N-dealkylation sites (tertiary alicyclic amines) is 1. The summed E-state index contributed by atoms with van der Waals surface area (Å²) in [6.45, 7) is 2.39. The summed E-state index contributed by atoms with van der Waals surface area (Å²) in [5.74, 6) is -0.117. The van der Waals surface area contributed by atoms with Crippen molar-refractivity contribution >= 4 is 11.9 Å². The monoisotopic (exact) mass is 228 g/mol. The Kier molecular flexibility index (Phi) is 5.25. The number of rotatable bonds is 4. The van der Waals surface area contributed by atoms with E-state index < -0.39 is 0 Å². The third-order valence-corrected chi connectivity index (χ3v) is 2.97. The van der Waals surface area contributed by atoms with Crippen molar-refractivity contribution in [3.63, 3.8) is 0 Å². The van der Waals surface area contributed by atoms with E-state index in [0.717, 1.165) is 19.4 Å². The standard InChI is InChI=1S/C11H20N2O3/c1-12-10(14)5-7-13-6-3-4-9(8-13)11(15)16-2/h9H,3-8H2,1-2H3,(H,12,14). The van der Waals surface area contributed by atoms with Crippen LogP contribution in [0.1, 0.15) is 19.3 Å². The van der Waals surface area contributed by atoms with Gasteiger partial charge in [0.25, 0.3) is 0 Å². The lowest BCUT2D eigenvalue weighted by Crippen LogP contribution is -2.40. The van der Waals surface area contributed by atoms with Crippen molar-refractivity contribution in [3.8, 4) is 0 Å². The third kappa shape index (κ3) is 3.81. The van der Waals surface area contributed by atoms with Gasteiger partial charge in [-0.15, -0.1) is 0 Å². The Hall–Kier alpha value is -1.10. The SMILES string of the molecule is CNC(=O)CCN1CCCC(C(=O)OC)C1. The molecule has 1 fully saturated rings. The number of hydrogen-bond donors (Lipinski definition) is 1. The second-order valence-corrected chi connectivity index (χ2v) is 4.09. The first-order valence-electron chi connectivity index (χ1n) is 5.68. The van der Waals surface area contributed by atoms with Crippen molar-refractivity contribution < 1.29 is 14.3 Å². The van der Waals surface area contributed by atoms with Crippen LogP contribution in [0.5, 0.6) is 0 Å². The van der Waals surface area contributed by atoms with Crippen molar-refractivity contribution in [1.29, 1.82) is 0 Å². The number of carbonyl (C=O) groups excluding carboxylic acids is 2. The van der Waals surface area contributed by atoms with Gasteiger partial charge in [-0.2, -0.15) is 0 Å².